The lowest BCUT2D eigenvalue weighted by Crippen LogP contribution is -1.86. The van der Waals surface area contributed by atoms with E-state index in [4.69, 9.17) is 16.7 Å². The van der Waals surface area contributed by atoms with E-state index in [0.29, 0.717) is 5.88 Å². The van der Waals surface area contributed by atoms with Crippen LogP contribution in [-0.2, 0) is 12.5 Å². The van der Waals surface area contributed by atoms with Gasteiger partial charge in [-0.25, -0.2) is 0 Å². The summed E-state index contributed by atoms with van der Waals surface area (Å²) in [6, 6.07) is 5.13. The molecule has 0 fully saturated rings. The number of alkyl halides is 1. The molecule has 2 aromatic rings. The van der Waals surface area contributed by atoms with Crippen LogP contribution in [0.2, 0.25) is 0 Å². The molecule has 4 heteroatoms. The highest BCUT2D eigenvalue weighted by atomic mass is 35.5. The third-order valence-electron chi connectivity index (χ3n) is 2.05. The maximum absolute atomic E-state index is 13.0. The first-order valence-electron chi connectivity index (χ1n) is 4.12. The molecule has 0 saturated heterocycles. The lowest BCUT2D eigenvalue weighted by molar-refractivity contribution is 0.283. The molecule has 14 heavy (non-hydrogen) atoms. The van der Waals surface area contributed by atoms with Crippen LogP contribution in [0.1, 0.15) is 11.1 Å². The van der Waals surface area contributed by atoms with Crippen molar-refractivity contribution >= 4 is 33.0 Å². The predicted molar refractivity (Wildman–Crippen MR) is 57.3 cm³/mol. The summed E-state index contributed by atoms with van der Waals surface area (Å²) < 4.78 is 13.8. The van der Waals surface area contributed by atoms with Crippen LogP contribution in [0.15, 0.2) is 18.2 Å². The van der Waals surface area contributed by atoms with Gasteiger partial charge in [0.05, 0.1) is 6.61 Å². The minimum Gasteiger partial charge on any atom is -0.392 e. The van der Waals surface area contributed by atoms with E-state index in [1.54, 1.807) is 0 Å². The molecule has 0 unspecified atom stereocenters. The molecule has 0 aliphatic rings. The highest BCUT2D eigenvalue weighted by Crippen LogP contribution is 2.29. The van der Waals surface area contributed by atoms with Gasteiger partial charge in [0, 0.05) is 10.6 Å². The molecule has 0 aliphatic heterocycles. The third kappa shape index (κ3) is 1.63. The first-order chi connectivity index (χ1) is 6.74. The van der Waals surface area contributed by atoms with Gasteiger partial charge in [0.2, 0.25) is 0 Å². The van der Waals surface area contributed by atoms with E-state index < -0.39 is 0 Å². The van der Waals surface area contributed by atoms with E-state index in [9.17, 15) is 4.39 Å². The van der Waals surface area contributed by atoms with Crippen molar-refractivity contribution in [2.75, 3.05) is 0 Å². The summed E-state index contributed by atoms with van der Waals surface area (Å²) in [5.41, 5.74) is 1.65. The molecule has 0 amide bonds. The fourth-order valence-corrected chi connectivity index (χ4v) is 2.48. The number of benzene rings is 1. The van der Waals surface area contributed by atoms with Crippen LogP contribution >= 0.6 is 22.9 Å². The van der Waals surface area contributed by atoms with E-state index in [2.05, 4.69) is 0 Å². The molecule has 0 spiro atoms. The number of rotatable bonds is 2. The van der Waals surface area contributed by atoms with Crippen LogP contribution in [0.25, 0.3) is 10.1 Å². The molecule has 0 bridgehead atoms. The van der Waals surface area contributed by atoms with Crippen molar-refractivity contribution in [3.63, 3.8) is 0 Å². The Hall–Kier alpha value is -0.640. The number of aliphatic hydroxyl groups excluding tert-OH is 1. The van der Waals surface area contributed by atoms with Crippen molar-refractivity contribution in [3.8, 4) is 0 Å². The van der Waals surface area contributed by atoms with Crippen molar-refractivity contribution in [2.24, 2.45) is 0 Å². The lowest BCUT2D eigenvalue weighted by Gasteiger charge is -2.01. The van der Waals surface area contributed by atoms with Crippen molar-refractivity contribution in [1.29, 1.82) is 0 Å². The first-order valence-corrected chi connectivity index (χ1v) is 5.47. The van der Waals surface area contributed by atoms with Crippen LogP contribution < -0.4 is 0 Å². The Bertz CT molecular complexity index is 466. The largest absolute Gasteiger partial charge is 0.392 e. The quantitative estimate of drug-likeness (QED) is 0.786. The van der Waals surface area contributed by atoms with Gasteiger partial charge in [-0.1, -0.05) is 6.07 Å². The van der Waals surface area contributed by atoms with E-state index in [0.717, 1.165) is 32.5 Å². The molecule has 1 heterocycles. The van der Waals surface area contributed by atoms with Gasteiger partial charge in [-0.2, -0.15) is 4.39 Å². The SMILES string of the molecule is OCc1cc(CCl)cc2cc(F)sc12. The zero-order valence-corrected chi connectivity index (χ0v) is 8.83. The topological polar surface area (TPSA) is 20.2 Å². The standard InChI is InChI=1S/C10H8ClFOS/c11-4-6-1-7-3-9(12)14-10(7)8(2-6)5-13/h1-3,13H,4-5H2. The maximum atomic E-state index is 13.0. The van der Waals surface area contributed by atoms with E-state index in [1.807, 2.05) is 12.1 Å². The van der Waals surface area contributed by atoms with Gasteiger partial charge in [0.1, 0.15) is 0 Å². The molecule has 0 saturated carbocycles. The van der Waals surface area contributed by atoms with E-state index >= 15 is 0 Å². The Morgan fingerprint density at radius 1 is 1.36 bits per heavy atom. The summed E-state index contributed by atoms with van der Waals surface area (Å²) in [4.78, 5) is 0. The summed E-state index contributed by atoms with van der Waals surface area (Å²) in [5, 5.41) is 9.69. The fourth-order valence-electron chi connectivity index (χ4n) is 1.46. The van der Waals surface area contributed by atoms with Crippen molar-refractivity contribution < 1.29 is 9.50 Å². The second kappa shape index (κ2) is 3.85. The Kier molecular flexibility index (Phi) is 2.72. The highest BCUT2D eigenvalue weighted by Gasteiger charge is 2.07. The Morgan fingerprint density at radius 3 is 2.79 bits per heavy atom. The molecule has 0 radical (unpaired) electrons. The Morgan fingerprint density at radius 2 is 2.14 bits per heavy atom. The van der Waals surface area contributed by atoms with Crippen LogP contribution in [0.5, 0.6) is 0 Å². The van der Waals surface area contributed by atoms with Gasteiger partial charge in [0.25, 0.3) is 0 Å². The minimum absolute atomic E-state index is 0.0822. The Balaban J connectivity index is 2.72. The predicted octanol–water partition coefficient (Wildman–Crippen LogP) is 3.27. The van der Waals surface area contributed by atoms with Gasteiger partial charge >= 0.3 is 0 Å². The highest BCUT2D eigenvalue weighted by molar-refractivity contribution is 7.17. The Labute approximate surface area is 89.7 Å². The van der Waals surface area contributed by atoms with Gasteiger partial charge < -0.3 is 5.11 Å². The summed E-state index contributed by atoms with van der Waals surface area (Å²) in [6.07, 6.45) is 0. The van der Waals surface area contributed by atoms with Crippen LogP contribution in [0.3, 0.4) is 0 Å². The molecule has 74 valence electrons. The number of fused-ring (bicyclic) bond motifs is 1. The normalized spacial score (nSPS) is 11.1. The van der Waals surface area contributed by atoms with Gasteiger partial charge in [-0.3, -0.25) is 0 Å². The zero-order valence-electron chi connectivity index (χ0n) is 7.26. The molecule has 0 aliphatic carbocycles. The van der Waals surface area contributed by atoms with Crippen LogP contribution in [-0.4, -0.2) is 5.11 Å². The van der Waals surface area contributed by atoms with Crippen molar-refractivity contribution in [2.45, 2.75) is 12.5 Å². The third-order valence-corrected chi connectivity index (χ3v) is 3.37. The molecular formula is C10H8ClFOS. The molecule has 1 N–H and O–H groups in total. The van der Waals surface area contributed by atoms with E-state index in [1.165, 1.54) is 6.07 Å². The van der Waals surface area contributed by atoms with Crippen molar-refractivity contribution in [3.05, 3.63) is 34.5 Å². The average Bonchev–Trinajstić information content (AvgIpc) is 2.56. The monoisotopic (exact) mass is 230 g/mol. The number of thiophene rings is 1. The molecule has 2 rings (SSSR count). The summed E-state index contributed by atoms with van der Waals surface area (Å²) in [6.45, 7) is -0.0822. The second-order valence-corrected chi connectivity index (χ2v) is 4.29. The molecule has 1 aromatic carbocycles. The number of aliphatic hydroxyl groups is 1. The number of halogens is 2. The number of hydrogen-bond acceptors (Lipinski definition) is 2. The minimum atomic E-state index is -0.235. The summed E-state index contributed by atoms with van der Waals surface area (Å²) in [7, 11) is 0. The van der Waals surface area contributed by atoms with Crippen molar-refractivity contribution in [1.82, 2.24) is 0 Å². The number of hydrogen-bond donors (Lipinski definition) is 1. The molecule has 1 aromatic heterocycles. The molecule has 1 nitrogen and oxygen atoms in total. The fraction of sp³-hybridized carbons (Fsp3) is 0.200. The summed E-state index contributed by atoms with van der Waals surface area (Å²) in [5.74, 6) is 0.375. The van der Waals surface area contributed by atoms with Gasteiger partial charge in [-0.05, 0) is 28.6 Å². The average molecular weight is 231 g/mol. The molecular weight excluding hydrogens is 223 g/mol. The van der Waals surface area contributed by atoms with Gasteiger partial charge in [0.15, 0.2) is 5.13 Å². The van der Waals surface area contributed by atoms with Gasteiger partial charge in [-0.15, -0.1) is 22.9 Å². The van der Waals surface area contributed by atoms with Crippen LogP contribution in [0, 0.1) is 5.13 Å². The zero-order chi connectivity index (χ0) is 10.1. The smallest absolute Gasteiger partial charge is 0.177 e. The second-order valence-electron chi connectivity index (χ2n) is 3.02. The van der Waals surface area contributed by atoms with E-state index in [-0.39, 0.29) is 11.7 Å². The summed E-state index contributed by atoms with van der Waals surface area (Å²) >= 11 is 6.74. The maximum Gasteiger partial charge on any atom is 0.177 e. The molecule has 0 atom stereocenters. The first kappa shape index (κ1) is 9.90. The van der Waals surface area contributed by atoms with Crippen LogP contribution in [0.4, 0.5) is 4.39 Å². The lowest BCUT2D eigenvalue weighted by atomic mass is 10.1.